The zero-order valence-corrected chi connectivity index (χ0v) is 14.5. The second kappa shape index (κ2) is 6.10. The molecule has 1 N–H and O–H groups in total. The van der Waals surface area contributed by atoms with E-state index >= 15 is 0 Å². The number of fused-ring (bicyclic) bond motifs is 1. The van der Waals surface area contributed by atoms with Gasteiger partial charge in [0.05, 0.1) is 5.52 Å². The topological polar surface area (TPSA) is 72.7 Å². The highest BCUT2D eigenvalue weighted by Crippen LogP contribution is 2.24. The van der Waals surface area contributed by atoms with Gasteiger partial charge >= 0.3 is 0 Å². The Kier molecular flexibility index (Phi) is 3.77. The van der Waals surface area contributed by atoms with Gasteiger partial charge < -0.3 is 4.57 Å². The lowest BCUT2D eigenvalue weighted by Gasteiger charge is -2.04. The molecule has 7 heteroatoms. The maximum Gasteiger partial charge on any atom is 0.257 e. The number of nitrogens with zero attached hydrogens (tertiary/aromatic N) is 4. The van der Waals surface area contributed by atoms with Crippen molar-refractivity contribution in [1.82, 2.24) is 19.5 Å². The molecular weight excluding hydrogens is 334 g/mol. The number of benzene rings is 1. The van der Waals surface area contributed by atoms with Crippen molar-refractivity contribution in [3.8, 4) is 11.5 Å². The fraction of sp³-hybridized carbons (Fsp3) is 0.111. The number of carbonyl (C=O) groups excluding carboxylic acids is 1. The number of rotatable bonds is 3. The van der Waals surface area contributed by atoms with Gasteiger partial charge in [0.1, 0.15) is 5.69 Å². The lowest BCUT2D eigenvalue weighted by atomic mass is 10.1. The zero-order chi connectivity index (χ0) is 17.4. The summed E-state index contributed by atoms with van der Waals surface area (Å²) < 4.78 is 1.89. The van der Waals surface area contributed by atoms with Gasteiger partial charge in [-0.05, 0) is 31.2 Å². The Labute approximate surface area is 148 Å². The van der Waals surface area contributed by atoms with Crippen LogP contribution in [0, 0.1) is 6.92 Å². The smallest absolute Gasteiger partial charge is 0.257 e. The predicted octanol–water partition coefficient (Wildman–Crippen LogP) is 3.65. The van der Waals surface area contributed by atoms with Gasteiger partial charge in [-0.15, -0.1) is 11.3 Å². The second-order valence-corrected chi connectivity index (χ2v) is 6.57. The second-order valence-electron chi connectivity index (χ2n) is 5.71. The number of thiazole rings is 1. The van der Waals surface area contributed by atoms with Crippen molar-refractivity contribution in [3.05, 3.63) is 59.4 Å². The van der Waals surface area contributed by atoms with Gasteiger partial charge in [-0.25, -0.2) is 9.97 Å². The lowest BCUT2D eigenvalue weighted by Crippen LogP contribution is -2.11. The number of hydrogen-bond donors (Lipinski definition) is 1. The molecule has 3 aromatic heterocycles. The van der Waals surface area contributed by atoms with E-state index in [4.69, 9.17) is 0 Å². The third kappa shape index (κ3) is 3.01. The van der Waals surface area contributed by atoms with Crippen molar-refractivity contribution in [3.63, 3.8) is 0 Å². The largest absolute Gasteiger partial charge is 0.333 e. The number of imidazole rings is 1. The summed E-state index contributed by atoms with van der Waals surface area (Å²) in [5.74, 6) is 0.576. The first-order valence-electron chi connectivity index (χ1n) is 7.72. The summed E-state index contributed by atoms with van der Waals surface area (Å²) in [7, 11) is 1.91. The number of aromatic nitrogens is 4. The van der Waals surface area contributed by atoms with E-state index in [-0.39, 0.29) is 5.91 Å². The van der Waals surface area contributed by atoms with Gasteiger partial charge in [0, 0.05) is 41.5 Å². The van der Waals surface area contributed by atoms with E-state index in [1.165, 1.54) is 11.3 Å². The summed E-state index contributed by atoms with van der Waals surface area (Å²) in [6.07, 6.45) is 3.58. The molecule has 0 atom stereocenters. The molecule has 25 heavy (non-hydrogen) atoms. The van der Waals surface area contributed by atoms with Crippen LogP contribution in [0.2, 0.25) is 0 Å². The van der Waals surface area contributed by atoms with Gasteiger partial charge in [0.15, 0.2) is 11.0 Å². The Morgan fingerprint density at radius 3 is 2.88 bits per heavy atom. The van der Waals surface area contributed by atoms with E-state index in [0.717, 1.165) is 28.1 Å². The average Bonchev–Trinajstić information content (AvgIpc) is 3.23. The summed E-state index contributed by atoms with van der Waals surface area (Å²) in [6.45, 7) is 1.95. The van der Waals surface area contributed by atoms with Crippen LogP contribution in [0.15, 0.2) is 48.1 Å². The molecule has 0 aliphatic carbocycles. The van der Waals surface area contributed by atoms with Crippen LogP contribution in [-0.4, -0.2) is 25.4 Å². The molecule has 0 aliphatic rings. The van der Waals surface area contributed by atoms with Gasteiger partial charge in [-0.3, -0.25) is 15.1 Å². The first-order valence-corrected chi connectivity index (χ1v) is 8.60. The Morgan fingerprint density at radius 1 is 1.20 bits per heavy atom. The minimum atomic E-state index is -0.191. The zero-order valence-electron chi connectivity index (χ0n) is 13.7. The summed E-state index contributed by atoms with van der Waals surface area (Å²) in [4.78, 5) is 25.7. The SMILES string of the molecule is Cc1ccc2cc(C(=O)Nc3nc(-c4nccn4C)cs3)ccc2n1. The monoisotopic (exact) mass is 349 g/mol. The maximum atomic E-state index is 12.5. The van der Waals surface area contributed by atoms with Crippen molar-refractivity contribution < 1.29 is 4.79 Å². The molecule has 3 heterocycles. The van der Waals surface area contributed by atoms with E-state index in [2.05, 4.69) is 20.3 Å². The summed E-state index contributed by atoms with van der Waals surface area (Å²) in [5.41, 5.74) is 3.15. The molecule has 4 aromatic rings. The standard InChI is InChI=1S/C18H15N5OS/c1-11-3-4-12-9-13(5-6-14(12)20-11)17(24)22-18-21-15(10-25-18)16-19-7-8-23(16)2/h3-10H,1-2H3,(H,21,22,24). The highest BCUT2D eigenvalue weighted by atomic mass is 32.1. The van der Waals surface area contributed by atoms with Crippen LogP contribution >= 0.6 is 11.3 Å². The van der Waals surface area contributed by atoms with E-state index in [0.29, 0.717) is 10.7 Å². The summed E-state index contributed by atoms with van der Waals surface area (Å²) >= 11 is 1.38. The average molecular weight is 349 g/mol. The molecule has 0 spiro atoms. The molecule has 0 aliphatic heterocycles. The third-order valence-corrected chi connectivity index (χ3v) is 4.62. The Morgan fingerprint density at radius 2 is 2.08 bits per heavy atom. The molecule has 0 radical (unpaired) electrons. The predicted molar refractivity (Wildman–Crippen MR) is 98.7 cm³/mol. The van der Waals surface area contributed by atoms with Crippen LogP contribution in [0.5, 0.6) is 0 Å². The molecule has 4 rings (SSSR count). The van der Waals surface area contributed by atoms with Crippen molar-refractivity contribution in [2.75, 3.05) is 5.32 Å². The summed E-state index contributed by atoms with van der Waals surface area (Å²) in [6, 6.07) is 9.38. The third-order valence-electron chi connectivity index (χ3n) is 3.87. The number of nitrogens with one attached hydrogen (secondary N) is 1. The van der Waals surface area contributed by atoms with Crippen LogP contribution in [0.4, 0.5) is 5.13 Å². The molecule has 0 bridgehead atoms. The van der Waals surface area contributed by atoms with Crippen LogP contribution in [0.25, 0.3) is 22.4 Å². The molecule has 0 unspecified atom stereocenters. The first kappa shape index (κ1) is 15.5. The molecule has 6 nitrogen and oxygen atoms in total. The molecule has 1 aromatic carbocycles. The number of amides is 1. The number of carbonyl (C=O) groups is 1. The number of pyridine rings is 1. The number of hydrogen-bond acceptors (Lipinski definition) is 5. The van der Waals surface area contributed by atoms with E-state index in [1.54, 1.807) is 12.3 Å². The quantitative estimate of drug-likeness (QED) is 0.613. The minimum Gasteiger partial charge on any atom is -0.333 e. The van der Waals surface area contributed by atoms with Crippen molar-refractivity contribution in [1.29, 1.82) is 0 Å². The Hall–Kier alpha value is -3.06. The Balaban J connectivity index is 1.57. The molecule has 0 saturated heterocycles. The molecule has 0 saturated carbocycles. The number of anilines is 1. The van der Waals surface area contributed by atoms with Crippen LogP contribution in [0.3, 0.4) is 0 Å². The fourth-order valence-corrected chi connectivity index (χ4v) is 3.27. The molecule has 0 fully saturated rings. The van der Waals surface area contributed by atoms with E-state index in [1.807, 2.05) is 54.4 Å². The molecule has 1 amide bonds. The Bertz CT molecular complexity index is 1080. The lowest BCUT2D eigenvalue weighted by molar-refractivity contribution is 0.102. The van der Waals surface area contributed by atoms with Gasteiger partial charge in [-0.2, -0.15) is 0 Å². The van der Waals surface area contributed by atoms with Gasteiger partial charge in [-0.1, -0.05) is 6.07 Å². The van der Waals surface area contributed by atoms with Crippen molar-refractivity contribution >= 4 is 33.3 Å². The van der Waals surface area contributed by atoms with Crippen LogP contribution in [0.1, 0.15) is 16.1 Å². The van der Waals surface area contributed by atoms with Crippen LogP contribution < -0.4 is 5.32 Å². The van der Waals surface area contributed by atoms with Crippen molar-refractivity contribution in [2.24, 2.45) is 7.05 Å². The molecular formula is C18H15N5OS. The number of aryl methyl sites for hydroxylation is 2. The van der Waals surface area contributed by atoms with E-state index in [9.17, 15) is 4.79 Å². The minimum absolute atomic E-state index is 0.191. The van der Waals surface area contributed by atoms with Gasteiger partial charge in [0.25, 0.3) is 5.91 Å². The van der Waals surface area contributed by atoms with E-state index < -0.39 is 0 Å². The summed E-state index contributed by atoms with van der Waals surface area (Å²) in [5, 5.41) is 6.21. The van der Waals surface area contributed by atoms with Crippen LogP contribution in [-0.2, 0) is 7.05 Å². The normalized spacial score (nSPS) is 11.0. The highest BCUT2D eigenvalue weighted by Gasteiger charge is 2.12. The van der Waals surface area contributed by atoms with Gasteiger partial charge in [0.2, 0.25) is 0 Å². The maximum absolute atomic E-state index is 12.5. The first-order chi connectivity index (χ1) is 12.1. The molecule has 124 valence electrons. The highest BCUT2D eigenvalue weighted by molar-refractivity contribution is 7.14. The fourth-order valence-electron chi connectivity index (χ4n) is 2.58. The van der Waals surface area contributed by atoms with Crippen molar-refractivity contribution in [2.45, 2.75) is 6.92 Å².